The summed E-state index contributed by atoms with van der Waals surface area (Å²) in [6, 6.07) is 1.40. The van der Waals surface area contributed by atoms with Gasteiger partial charge in [-0.3, -0.25) is 0 Å². The second kappa shape index (κ2) is 8.00. The number of rotatable bonds is 7. The predicted octanol–water partition coefficient (Wildman–Crippen LogP) is 2.57. The van der Waals surface area contributed by atoms with Gasteiger partial charge in [0, 0.05) is 0 Å². The maximum Gasteiger partial charge on any atom is 0.211 e. The van der Waals surface area contributed by atoms with E-state index < -0.39 is 12.3 Å². The molecular formula is C10H18FNO. The lowest BCUT2D eigenvalue weighted by molar-refractivity contribution is 0.0958. The highest BCUT2D eigenvalue weighted by molar-refractivity contribution is 4.88. The van der Waals surface area contributed by atoms with Crippen molar-refractivity contribution in [3.63, 3.8) is 0 Å². The molecule has 0 saturated heterocycles. The van der Waals surface area contributed by atoms with E-state index in [-0.39, 0.29) is 0 Å². The first-order valence-corrected chi connectivity index (χ1v) is 4.94. The molecule has 0 radical (unpaired) electrons. The van der Waals surface area contributed by atoms with Crippen molar-refractivity contribution >= 4 is 0 Å². The van der Waals surface area contributed by atoms with E-state index in [1.807, 2.05) is 0 Å². The number of halogens is 1. The molecule has 76 valence electrons. The molecule has 1 N–H and O–H groups in total. The molecule has 0 aromatic heterocycles. The van der Waals surface area contributed by atoms with Gasteiger partial charge in [0.15, 0.2) is 0 Å². The number of nitrogens with zero attached hydrogens (tertiary/aromatic N) is 1. The van der Waals surface area contributed by atoms with Crippen LogP contribution in [0.3, 0.4) is 0 Å². The largest absolute Gasteiger partial charge is 0.389 e. The highest BCUT2D eigenvalue weighted by Crippen LogP contribution is 2.10. The molecule has 2 unspecified atom stereocenters. The fourth-order valence-corrected chi connectivity index (χ4v) is 1.19. The molecule has 0 saturated carbocycles. The summed E-state index contributed by atoms with van der Waals surface area (Å²) in [6.07, 6.45) is 2.91. The van der Waals surface area contributed by atoms with Gasteiger partial charge in [0.2, 0.25) is 6.17 Å². The molecule has 0 aromatic rings. The van der Waals surface area contributed by atoms with Gasteiger partial charge in [-0.05, 0) is 6.42 Å². The van der Waals surface area contributed by atoms with Gasteiger partial charge in [0.25, 0.3) is 0 Å². The Hall–Kier alpha value is -0.620. The van der Waals surface area contributed by atoms with Crippen LogP contribution in [0, 0.1) is 11.3 Å². The minimum atomic E-state index is -1.72. The van der Waals surface area contributed by atoms with Crippen molar-refractivity contribution in [2.45, 2.75) is 57.7 Å². The zero-order valence-electron chi connectivity index (χ0n) is 8.17. The number of aliphatic hydroxyl groups is 1. The third kappa shape index (κ3) is 6.53. The van der Waals surface area contributed by atoms with Crippen molar-refractivity contribution < 1.29 is 9.50 Å². The first-order chi connectivity index (χ1) is 6.22. The Morgan fingerprint density at radius 1 is 1.31 bits per heavy atom. The molecule has 0 rings (SSSR count). The van der Waals surface area contributed by atoms with E-state index in [2.05, 4.69) is 6.92 Å². The van der Waals surface area contributed by atoms with Crippen LogP contribution in [-0.4, -0.2) is 17.4 Å². The minimum absolute atomic E-state index is 0.401. The van der Waals surface area contributed by atoms with Gasteiger partial charge in [-0.1, -0.05) is 39.0 Å². The van der Waals surface area contributed by atoms with E-state index in [4.69, 9.17) is 10.4 Å². The molecule has 0 aromatic carbocycles. The molecule has 0 bridgehead atoms. The Kier molecular flexibility index (Phi) is 7.62. The summed E-state index contributed by atoms with van der Waals surface area (Å²) >= 11 is 0. The van der Waals surface area contributed by atoms with Gasteiger partial charge in [-0.25, -0.2) is 4.39 Å². The highest BCUT2D eigenvalue weighted by Gasteiger charge is 2.16. The molecular weight excluding hydrogens is 169 g/mol. The summed E-state index contributed by atoms with van der Waals surface area (Å²) in [6.45, 7) is 2.13. The average Bonchev–Trinajstić information content (AvgIpc) is 2.16. The smallest absolute Gasteiger partial charge is 0.211 e. The van der Waals surface area contributed by atoms with Gasteiger partial charge in [0.1, 0.15) is 6.07 Å². The van der Waals surface area contributed by atoms with Gasteiger partial charge in [0.05, 0.1) is 6.10 Å². The fourth-order valence-electron chi connectivity index (χ4n) is 1.19. The Morgan fingerprint density at radius 3 is 2.46 bits per heavy atom. The number of alkyl halides is 1. The summed E-state index contributed by atoms with van der Waals surface area (Å²) in [7, 11) is 0. The molecule has 2 atom stereocenters. The minimum Gasteiger partial charge on any atom is -0.389 e. The molecule has 0 aliphatic heterocycles. The number of hydrogen-bond acceptors (Lipinski definition) is 2. The van der Waals surface area contributed by atoms with Crippen molar-refractivity contribution in [1.29, 1.82) is 5.26 Å². The van der Waals surface area contributed by atoms with Crippen LogP contribution >= 0.6 is 0 Å². The molecule has 0 fully saturated rings. The van der Waals surface area contributed by atoms with Crippen LogP contribution in [0.15, 0.2) is 0 Å². The predicted molar refractivity (Wildman–Crippen MR) is 49.9 cm³/mol. The van der Waals surface area contributed by atoms with Crippen LogP contribution in [0.4, 0.5) is 4.39 Å². The summed E-state index contributed by atoms with van der Waals surface area (Å²) in [4.78, 5) is 0. The van der Waals surface area contributed by atoms with Crippen molar-refractivity contribution in [3.8, 4) is 6.07 Å². The molecule has 0 heterocycles. The lowest BCUT2D eigenvalue weighted by Crippen LogP contribution is -2.19. The maximum atomic E-state index is 12.5. The second-order valence-corrected chi connectivity index (χ2v) is 3.30. The monoisotopic (exact) mass is 187 g/mol. The lowest BCUT2D eigenvalue weighted by Gasteiger charge is -2.08. The topological polar surface area (TPSA) is 44.0 Å². The molecule has 3 heteroatoms. The van der Waals surface area contributed by atoms with Crippen molar-refractivity contribution in [1.82, 2.24) is 0 Å². The van der Waals surface area contributed by atoms with Crippen molar-refractivity contribution in [2.24, 2.45) is 0 Å². The standard InChI is InChI=1S/C10H18FNO/c1-2-3-4-5-6-7-10(13)9(11)8-12/h9-10,13H,2-7H2,1H3. The quantitative estimate of drug-likeness (QED) is 0.622. The summed E-state index contributed by atoms with van der Waals surface area (Å²) < 4.78 is 12.5. The second-order valence-electron chi connectivity index (χ2n) is 3.30. The lowest BCUT2D eigenvalue weighted by atomic mass is 10.1. The maximum absolute atomic E-state index is 12.5. The SMILES string of the molecule is CCCCCCCC(O)C(F)C#N. The van der Waals surface area contributed by atoms with Gasteiger partial charge in [-0.2, -0.15) is 5.26 Å². The van der Waals surface area contributed by atoms with Crippen LogP contribution in [-0.2, 0) is 0 Å². The summed E-state index contributed by atoms with van der Waals surface area (Å²) in [5.74, 6) is 0. The summed E-state index contributed by atoms with van der Waals surface area (Å²) in [5, 5.41) is 17.2. The van der Waals surface area contributed by atoms with Crippen molar-refractivity contribution in [3.05, 3.63) is 0 Å². The number of aliphatic hydroxyl groups excluding tert-OH is 1. The van der Waals surface area contributed by atoms with Gasteiger partial charge in [-0.15, -0.1) is 0 Å². The average molecular weight is 187 g/mol. The Labute approximate surface area is 79.4 Å². The van der Waals surface area contributed by atoms with E-state index in [0.717, 1.165) is 19.3 Å². The number of nitriles is 1. The third-order valence-corrected chi connectivity index (χ3v) is 2.06. The molecule has 2 nitrogen and oxygen atoms in total. The van der Waals surface area contributed by atoms with Crippen LogP contribution in [0.2, 0.25) is 0 Å². The normalized spacial score (nSPS) is 14.9. The van der Waals surface area contributed by atoms with Crippen LogP contribution in [0.5, 0.6) is 0 Å². The Bertz CT molecular complexity index is 155. The summed E-state index contributed by atoms with van der Waals surface area (Å²) in [5.41, 5.74) is 0. The first kappa shape index (κ1) is 12.4. The van der Waals surface area contributed by atoms with E-state index in [0.29, 0.717) is 6.42 Å². The number of hydrogen-bond donors (Lipinski definition) is 1. The molecule has 0 aliphatic carbocycles. The zero-order chi connectivity index (χ0) is 10.1. The Balaban J connectivity index is 3.28. The van der Waals surface area contributed by atoms with E-state index in [9.17, 15) is 4.39 Å². The van der Waals surface area contributed by atoms with Gasteiger partial charge < -0.3 is 5.11 Å². The van der Waals surface area contributed by atoms with E-state index in [1.165, 1.54) is 18.9 Å². The van der Waals surface area contributed by atoms with Gasteiger partial charge >= 0.3 is 0 Å². The van der Waals surface area contributed by atoms with Crippen LogP contribution in [0.25, 0.3) is 0 Å². The molecule has 0 amide bonds. The first-order valence-electron chi connectivity index (χ1n) is 4.94. The highest BCUT2D eigenvalue weighted by atomic mass is 19.1. The van der Waals surface area contributed by atoms with Crippen LogP contribution < -0.4 is 0 Å². The fraction of sp³-hybridized carbons (Fsp3) is 0.900. The van der Waals surface area contributed by atoms with Crippen LogP contribution in [0.1, 0.15) is 45.4 Å². The molecule has 13 heavy (non-hydrogen) atoms. The third-order valence-electron chi connectivity index (χ3n) is 2.06. The van der Waals surface area contributed by atoms with E-state index >= 15 is 0 Å². The number of unbranched alkanes of at least 4 members (excludes halogenated alkanes) is 4. The molecule has 0 aliphatic rings. The van der Waals surface area contributed by atoms with E-state index in [1.54, 1.807) is 0 Å². The zero-order valence-corrected chi connectivity index (χ0v) is 8.17. The molecule has 0 spiro atoms. The van der Waals surface area contributed by atoms with Crippen molar-refractivity contribution in [2.75, 3.05) is 0 Å². The Morgan fingerprint density at radius 2 is 1.92 bits per heavy atom.